The standard InChI is InChI=1S/C12H12BrN5O/c1-7-5-8(13)6-16-10(7)17-12(19)9-3-2-4-15-11(9)18-14/h2-6H,14H2,1H3,(H,15,18)(H,16,17,19). The van der Waals surface area contributed by atoms with Crippen LogP contribution in [0.25, 0.3) is 0 Å². The maximum absolute atomic E-state index is 12.1. The minimum atomic E-state index is -0.320. The molecule has 0 aliphatic heterocycles. The van der Waals surface area contributed by atoms with E-state index in [1.165, 1.54) is 0 Å². The lowest BCUT2D eigenvalue weighted by Gasteiger charge is -2.09. The number of pyridine rings is 2. The Morgan fingerprint density at radius 3 is 2.84 bits per heavy atom. The summed E-state index contributed by atoms with van der Waals surface area (Å²) in [4.78, 5) is 20.3. The fourth-order valence-corrected chi connectivity index (χ4v) is 2.00. The normalized spacial score (nSPS) is 10.1. The lowest BCUT2D eigenvalue weighted by Crippen LogP contribution is -2.19. The van der Waals surface area contributed by atoms with Crippen molar-refractivity contribution in [3.8, 4) is 0 Å². The van der Waals surface area contributed by atoms with E-state index in [4.69, 9.17) is 5.84 Å². The van der Waals surface area contributed by atoms with Gasteiger partial charge in [-0.05, 0) is 46.6 Å². The van der Waals surface area contributed by atoms with Gasteiger partial charge in [0.15, 0.2) is 5.82 Å². The van der Waals surface area contributed by atoms with Crippen molar-refractivity contribution in [3.05, 3.63) is 46.2 Å². The number of carbonyl (C=O) groups excluding carboxylic acids is 1. The van der Waals surface area contributed by atoms with E-state index >= 15 is 0 Å². The molecule has 0 aromatic carbocycles. The second kappa shape index (κ2) is 5.77. The number of amides is 1. The number of nitrogens with zero attached hydrogens (tertiary/aromatic N) is 2. The molecule has 2 aromatic heterocycles. The van der Waals surface area contributed by atoms with Crippen molar-refractivity contribution in [2.45, 2.75) is 6.92 Å². The Morgan fingerprint density at radius 1 is 1.37 bits per heavy atom. The second-order valence-corrected chi connectivity index (χ2v) is 4.73. The summed E-state index contributed by atoms with van der Waals surface area (Å²) in [6.45, 7) is 1.86. The third kappa shape index (κ3) is 3.07. The fraction of sp³-hybridized carbons (Fsp3) is 0.0833. The molecular weight excluding hydrogens is 310 g/mol. The summed E-state index contributed by atoms with van der Waals surface area (Å²) < 4.78 is 0.855. The predicted molar refractivity (Wildman–Crippen MR) is 76.7 cm³/mol. The molecule has 0 atom stereocenters. The summed E-state index contributed by atoms with van der Waals surface area (Å²) in [6, 6.07) is 5.16. The van der Waals surface area contributed by atoms with Gasteiger partial charge in [-0.25, -0.2) is 15.8 Å². The number of rotatable bonds is 3. The van der Waals surface area contributed by atoms with Gasteiger partial charge in [-0.3, -0.25) is 4.79 Å². The van der Waals surface area contributed by atoms with Gasteiger partial charge in [0.1, 0.15) is 5.82 Å². The highest BCUT2D eigenvalue weighted by molar-refractivity contribution is 9.10. The number of hydrazine groups is 1. The molecule has 2 aromatic rings. The average Bonchev–Trinajstić information content (AvgIpc) is 2.41. The van der Waals surface area contributed by atoms with E-state index in [-0.39, 0.29) is 5.91 Å². The highest BCUT2D eigenvalue weighted by atomic mass is 79.9. The molecule has 0 aliphatic rings. The van der Waals surface area contributed by atoms with Crippen molar-refractivity contribution in [1.29, 1.82) is 0 Å². The zero-order valence-corrected chi connectivity index (χ0v) is 11.7. The Balaban J connectivity index is 2.26. The first-order valence-corrected chi connectivity index (χ1v) is 6.26. The molecule has 0 fully saturated rings. The maximum Gasteiger partial charge on any atom is 0.260 e. The number of nitrogens with one attached hydrogen (secondary N) is 2. The summed E-state index contributed by atoms with van der Waals surface area (Å²) in [6.07, 6.45) is 3.17. The quantitative estimate of drug-likeness (QED) is 0.594. The molecule has 0 aliphatic carbocycles. The number of aryl methyl sites for hydroxylation is 1. The van der Waals surface area contributed by atoms with Crippen molar-refractivity contribution in [3.63, 3.8) is 0 Å². The average molecular weight is 322 g/mol. The van der Waals surface area contributed by atoms with Crippen LogP contribution in [-0.4, -0.2) is 15.9 Å². The van der Waals surface area contributed by atoms with Crippen LogP contribution in [-0.2, 0) is 0 Å². The van der Waals surface area contributed by atoms with Crippen LogP contribution >= 0.6 is 15.9 Å². The topological polar surface area (TPSA) is 92.9 Å². The van der Waals surface area contributed by atoms with Crippen molar-refractivity contribution in [2.75, 3.05) is 10.7 Å². The number of nitrogens with two attached hydrogens (primary N) is 1. The molecule has 1 amide bonds. The smallest absolute Gasteiger partial charge is 0.260 e. The first kappa shape index (κ1) is 13.4. The maximum atomic E-state index is 12.1. The highest BCUT2D eigenvalue weighted by Gasteiger charge is 2.13. The molecule has 0 radical (unpaired) electrons. The molecular formula is C12H12BrN5O. The Bertz CT molecular complexity index is 617. The Labute approximate surface area is 118 Å². The largest absolute Gasteiger partial charge is 0.308 e. The van der Waals surface area contributed by atoms with E-state index in [2.05, 4.69) is 36.6 Å². The summed E-state index contributed by atoms with van der Waals surface area (Å²) in [5, 5.41) is 2.72. The van der Waals surface area contributed by atoms with Crippen LogP contribution in [0.1, 0.15) is 15.9 Å². The number of anilines is 2. The summed E-state index contributed by atoms with van der Waals surface area (Å²) in [7, 11) is 0. The molecule has 0 saturated carbocycles. The van der Waals surface area contributed by atoms with Crippen LogP contribution in [0.2, 0.25) is 0 Å². The van der Waals surface area contributed by atoms with E-state index < -0.39 is 0 Å². The van der Waals surface area contributed by atoms with E-state index in [9.17, 15) is 4.79 Å². The van der Waals surface area contributed by atoms with Gasteiger partial charge >= 0.3 is 0 Å². The van der Waals surface area contributed by atoms with Gasteiger partial charge in [0.25, 0.3) is 5.91 Å². The zero-order valence-electron chi connectivity index (χ0n) is 10.1. The van der Waals surface area contributed by atoms with E-state index in [0.29, 0.717) is 17.2 Å². The highest BCUT2D eigenvalue weighted by Crippen LogP contribution is 2.18. The number of carbonyl (C=O) groups is 1. The molecule has 2 rings (SSSR count). The number of nitrogen functional groups attached to an aromatic ring is 1. The number of hydrogen-bond donors (Lipinski definition) is 3. The van der Waals surface area contributed by atoms with Crippen LogP contribution < -0.4 is 16.6 Å². The lowest BCUT2D eigenvalue weighted by molar-refractivity contribution is 0.102. The number of hydrogen-bond acceptors (Lipinski definition) is 5. The van der Waals surface area contributed by atoms with Gasteiger partial charge in [0.05, 0.1) is 5.56 Å². The third-order valence-corrected chi connectivity index (χ3v) is 2.90. The molecule has 0 unspecified atom stereocenters. The van der Waals surface area contributed by atoms with Crippen LogP contribution in [0.5, 0.6) is 0 Å². The van der Waals surface area contributed by atoms with Crippen LogP contribution in [0.15, 0.2) is 35.1 Å². The minimum Gasteiger partial charge on any atom is -0.308 e. The third-order valence-electron chi connectivity index (χ3n) is 2.47. The van der Waals surface area contributed by atoms with Gasteiger partial charge in [-0.1, -0.05) is 0 Å². The van der Waals surface area contributed by atoms with Crippen LogP contribution in [0.4, 0.5) is 11.6 Å². The molecule has 98 valence electrons. The molecule has 4 N–H and O–H groups in total. The summed E-state index contributed by atoms with van der Waals surface area (Å²) in [5.41, 5.74) is 3.60. The molecule has 2 heterocycles. The molecule has 7 heteroatoms. The van der Waals surface area contributed by atoms with Crippen molar-refractivity contribution < 1.29 is 4.79 Å². The van der Waals surface area contributed by atoms with Crippen LogP contribution in [0.3, 0.4) is 0 Å². The van der Waals surface area contributed by atoms with E-state index in [0.717, 1.165) is 10.0 Å². The minimum absolute atomic E-state index is 0.315. The summed E-state index contributed by atoms with van der Waals surface area (Å²) >= 11 is 3.32. The zero-order chi connectivity index (χ0) is 13.8. The monoisotopic (exact) mass is 321 g/mol. The van der Waals surface area contributed by atoms with E-state index in [1.54, 1.807) is 24.5 Å². The van der Waals surface area contributed by atoms with Crippen molar-refractivity contribution in [2.24, 2.45) is 5.84 Å². The van der Waals surface area contributed by atoms with Gasteiger partial charge in [0.2, 0.25) is 0 Å². The molecule has 19 heavy (non-hydrogen) atoms. The Hall–Kier alpha value is -1.99. The van der Waals surface area contributed by atoms with Gasteiger partial charge in [0, 0.05) is 16.9 Å². The van der Waals surface area contributed by atoms with Gasteiger partial charge in [-0.15, -0.1) is 0 Å². The lowest BCUT2D eigenvalue weighted by atomic mass is 10.2. The van der Waals surface area contributed by atoms with Crippen LogP contribution in [0, 0.1) is 6.92 Å². The van der Waals surface area contributed by atoms with Crippen molar-refractivity contribution >= 4 is 33.5 Å². The van der Waals surface area contributed by atoms with Gasteiger partial charge < -0.3 is 10.7 Å². The van der Waals surface area contributed by atoms with Crippen molar-refractivity contribution in [1.82, 2.24) is 9.97 Å². The molecule has 0 bridgehead atoms. The first-order valence-electron chi connectivity index (χ1n) is 5.47. The number of halogens is 1. The number of aromatic nitrogens is 2. The van der Waals surface area contributed by atoms with Gasteiger partial charge in [-0.2, -0.15) is 0 Å². The fourth-order valence-electron chi connectivity index (χ4n) is 1.55. The van der Waals surface area contributed by atoms with E-state index in [1.807, 2.05) is 13.0 Å². The summed E-state index contributed by atoms with van der Waals surface area (Å²) in [5.74, 6) is 5.81. The molecule has 0 spiro atoms. The second-order valence-electron chi connectivity index (χ2n) is 3.82. The SMILES string of the molecule is Cc1cc(Br)cnc1NC(=O)c1cccnc1NN. The Morgan fingerprint density at radius 2 is 2.16 bits per heavy atom. The Kier molecular flexibility index (Phi) is 4.08. The molecule has 6 nitrogen and oxygen atoms in total. The molecule has 0 saturated heterocycles. The predicted octanol–water partition coefficient (Wildman–Crippen LogP) is 2.09. The first-order chi connectivity index (χ1) is 9.11.